The first-order valence-corrected chi connectivity index (χ1v) is 12.4. The van der Waals surface area contributed by atoms with Crippen LogP contribution >= 0.6 is 0 Å². The molecule has 0 saturated carbocycles. The van der Waals surface area contributed by atoms with Crippen molar-refractivity contribution in [2.24, 2.45) is 0 Å². The molecular weight excluding hydrogens is 414 g/mol. The van der Waals surface area contributed by atoms with Crippen molar-refractivity contribution in [2.45, 2.75) is 17.1 Å². The first-order valence-electron chi connectivity index (χ1n) is 11.0. The van der Waals surface area contributed by atoms with E-state index in [1.165, 1.54) is 5.69 Å². The van der Waals surface area contributed by atoms with Crippen molar-refractivity contribution < 1.29 is 17.9 Å². The summed E-state index contributed by atoms with van der Waals surface area (Å²) in [5, 5.41) is 0. The van der Waals surface area contributed by atoms with Gasteiger partial charge in [-0.05, 0) is 31.2 Å². The van der Waals surface area contributed by atoms with Crippen LogP contribution in [-0.2, 0) is 25.3 Å². The maximum absolute atomic E-state index is 13.2. The molecule has 0 amide bonds. The number of rotatable bonds is 5. The highest BCUT2D eigenvalue weighted by Crippen LogP contribution is 2.41. The normalized spacial score (nSPS) is 23.2. The maximum Gasteiger partial charge on any atom is 0.243 e. The van der Waals surface area contributed by atoms with Gasteiger partial charge in [-0.2, -0.15) is 4.31 Å². The molecule has 0 radical (unpaired) electrons. The average molecular weight is 444 g/mol. The van der Waals surface area contributed by atoms with E-state index in [0.717, 1.165) is 39.1 Å². The number of hydrogen-bond donors (Lipinski definition) is 0. The monoisotopic (exact) mass is 443 g/mol. The van der Waals surface area contributed by atoms with Gasteiger partial charge in [-0.1, -0.05) is 36.4 Å². The van der Waals surface area contributed by atoms with E-state index in [2.05, 4.69) is 34.1 Å². The summed E-state index contributed by atoms with van der Waals surface area (Å²) < 4.78 is 39.9. The molecular formula is C23H29N3O4S. The van der Waals surface area contributed by atoms with Gasteiger partial charge in [0.1, 0.15) is 0 Å². The lowest BCUT2D eigenvalue weighted by atomic mass is 10.1. The molecule has 0 aromatic heterocycles. The molecule has 3 aliphatic heterocycles. The molecule has 31 heavy (non-hydrogen) atoms. The van der Waals surface area contributed by atoms with Gasteiger partial charge in [0.25, 0.3) is 0 Å². The molecule has 1 spiro atoms. The van der Waals surface area contributed by atoms with Gasteiger partial charge in [0, 0.05) is 44.0 Å². The summed E-state index contributed by atoms with van der Waals surface area (Å²) in [6.07, 6.45) is 0.781. The Balaban J connectivity index is 1.20. The molecule has 2 aromatic rings. The smallest absolute Gasteiger partial charge is 0.243 e. The summed E-state index contributed by atoms with van der Waals surface area (Å²) in [4.78, 5) is 5.13. The summed E-state index contributed by atoms with van der Waals surface area (Å²) in [5.74, 6) is -0.969. The number of fused-ring (bicyclic) bond motifs is 2. The lowest BCUT2D eigenvalue weighted by Gasteiger charge is -2.40. The lowest BCUT2D eigenvalue weighted by molar-refractivity contribution is -0.176. The van der Waals surface area contributed by atoms with E-state index in [0.29, 0.717) is 30.2 Å². The number of anilines is 1. The molecule has 166 valence electrons. The second-order valence-corrected chi connectivity index (χ2v) is 10.2. The number of ether oxygens (including phenoxy) is 2. The minimum atomic E-state index is -3.55. The Labute approximate surface area is 184 Å². The van der Waals surface area contributed by atoms with Crippen molar-refractivity contribution in [1.29, 1.82) is 0 Å². The molecule has 0 bridgehead atoms. The van der Waals surface area contributed by atoms with Crippen molar-refractivity contribution in [3.05, 3.63) is 60.2 Å². The first-order chi connectivity index (χ1) is 15.1. The molecule has 0 atom stereocenters. The van der Waals surface area contributed by atoms with Crippen molar-refractivity contribution in [1.82, 2.24) is 9.21 Å². The highest BCUT2D eigenvalue weighted by atomic mass is 32.2. The zero-order valence-electron chi connectivity index (χ0n) is 17.7. The lowest BCUT2D eigenvalue weighted by Crippen LogP contribution is -2.51. The molecule has 7 nitrogen and oxygen atoms in total. The fourth-order valence-electron chi connectivity index (χ4n) is 4.79. The Bertz CT molecular complexity index is 1000. The summed E-state index contributed by atoms with van der Waals surface area (Å²) in [6, 6.07) is 17.6. The van der Waals surface area contributed by atoms with Gasteiger partial charge >= 0.3 is 0 Å². The van der Waals surface area contributed by atoms with Gasteiger partial charge < -0.3 is 14.4 Å². The van der Waals surface area contributed by atoms with Crippen LogP contribution in [0.15, 0.2) is 59.5 Å². The Hall–Kier alpha value is -1.97. The third-order valence-electron chi connectivity index (χ3n) is 6.43. The van der Waals surface area contributed by atoms with Crippen molar-refractivity contribution >= 4 is 15.7 Å². The number of benzene rings is 2. The fraction of sp³-hybridized carbons (Fsp3) is 0.478. The van der Waals surface area contributed by atoms with Gasteiger partial charge in [0.2, 0.25) is 15.8 Å². The Morgan fingerprint density at radius 3 is 2.26 bits per heavy atom. The summed E-state index contributed by atoms with van der Waals surface area (Å²) in [7, 11) is -3.55. The van der Waals surface area contributed by atoms with Gasteiger partial charge in [-0.25, -0.2) is 8.42 Å². The second-order valence-electron chi connectivity index (χ2n) is 8.30. The van der Waals surface area contributed by atoms with E-state index in [-0.39, 0.29) is 6.54 Å². The fourth-order valence-corrected chi connectivity index (χ4v) is 6.53. The van der Waals surface area contributed by atoms with Crippen LogP contribution in [0, 0.1) is 0 Å². The average Bonchev–Trinajstić information content (AvgIpc) is 3.28. The topological polar surface area (TPSA) is 62.3 Å². The predicted octanol–water partition coefficient (Wildman–Crippen LogP) is 2.10. The molecule has 8 heteroatoms. The third kappa shape index (κ3) is 3.99. The summed E-state index contributed by atoms with van der Waals surface area (Å²) in [6.45, 7) is 6.47. The van der Waals surface area contributed by atoms with Crippen LogP contribution in [0.1, 0.15) is 12.0 Å². The van der Waals surface area contributed by atoms with E-state index >= 15 is 0 Å². The number of sulfonamides is 1. The quantitative estimate of drug-likeness (QED) is 0.705. The molecule has 0 N–H and O–H groups in total. The van der Waals surface area contributed by atoms with Crippen molar-refractivity contribution in [2.75, 3.05) is 63.9 Å². The van der Waals surface area contributed by atoms with E-state index < -0.39 is 15.8 Å². The van der Waals surface area contributed by atoms with Crippen LogP contribution in [-0.4, -0.2) is 76.6 Å². The molecule has 2 fully saturated rings. The summed E-state index contributed by atoms with van der Waals surface area (Å²) >= 11 is 0. The van der Waals surface area contributed by atoms with Crippen LogP contribution < -0.4 is 4.90 Å². The molecule has 3 aliphatic rings. The highest BCUT2D eigenvalue weighted by Gasteiger charge is 2.50. The second kappa shape index (κ2) is 8.52. The molecule has 3 heterocycles. The number of hydrogen-bond acceptors (Lipinski definition) is 6. The van der Waals surface area contributed by atoms with Crippen LogP contribution in [0.5, 0.6) is 0 Å². The van der Waals surface area contributed by atoms with Gasteiger partial charge in [-0.3, -0.25) is 4.90 Å². The van der Waals surface area contributed by atoms with Crippen molar-refractivity contribution in [3.8, 4) is 0 Å². The van der Waals surface area contributed by atoms with Crippen LogP contribution in [0.2, 0.25) is 0 Å². The Morgan fingerprint density at radius 2 is 1.52 bits per heavy atom. The largest absolute Gasteiger partial charge is 0.369 e. The minimum Gasteiger partial charge on any atom is -0.369 e. The van der Waals surface area contributed by atoms with E-state index in [4.69, 9.17) is 9.47 Å². The summed E-state index contributed by atoms with van der Waals surface area (Å²) in [5.41, 5.74) is 1.89. The van der Waals surface area contributed by atoms with E-state index in [1.54, 1.807) is 16.4 Å². The number of para-hydroxylation sites is 1. The zero-order valence-corrected chi connectivity index (χ0v) is 18.5. The predicted molar refractivity (Wildman–Crippen MR) is 118 cm³/mol. The zero-order chi connectivity index (χ0) is 21.3. The van der Waals surface area contributed by atoms with E-state index in [9.17, 15) is 8.42 Å². The number of nitrogens with zero attached hydrogens (tertiary/aromatic N) is 3. The first kappa shape index (κ1) is 20.9. The Kier molecular flexibility index (Phi) is 5.75. The Morgan fingerprint density at radius 1 is 0.839 bits per heavy atom. The highest BCUT2D eigenvalue weighted by molar-refractivity contribution is 7.89. The molecule has 5 rings (SSSR count). The molecule has 0 unspecified atom stereocenters. The van der Waals surface area contributed by atoms with Crippen LogP contribution in [0.25, 0.3) is 0 Å². The van der Waals surface area contributed by atoms with E-state index in [1.807, 2.05) is 18.2 Å². The van der Waals surface area contributed by atoms with Gasteiger partial charge in [0.15, 0.2) is 0 Å². The standard InChI is InChI=1S/C23H29N3O4S/c27-31(28)22-10-5-4-9-21(22)23(29-17-18-30-23)19-26(31)12-6-11-24-13-15-25(16-14-24)20-7-2-1-3-8-20/h1-5,7-10H,6,11-19H2. The minimum absolute atomic E-state index is 0.216. The molecule has 2 aromatic carbocycles. The van der Waals surface area contributed by atoms with Gasteiger partial charge in [-0.15, -0.1) is 0 Å². The third-order valence-corrected chi connectivity index (χ3v) is 8.33. The van der Waals surface area contributed by atoms with Crippen LogP contribution in [0.3, 0.4) is 0 Å². The molecule has 0 aliphatic carbocycles. The SMILES string of the molecule is O=S1(=O)c2ccccc2C2(CN1CCCN1CCN(c3ccccc3)CC1)OCCO2. The van der Waals surface area contributed by atoms with Crippen molar-refractivity contribution in [3.63, 3.8) is 0 Å². The van der Waals surface area contributed by atoms with Gasteiger partial charge in [0.05, 0.1) is 24.7 Å². The number of piperazine rings is 1. The molecule has 2 saturated heterocycles. The maximum atomic E-state index is 13.2. The van der Waals surface area contributed by atoms with Crippen LogP contribution in [0.4, 0.5) is 5.69 Å².